The number of amides is 1. The highest BCUT2D eigenvalue weighted by atomic mass is 35.5. The molecule has 1 fully saturated rings. The summed E-state index contributed by atoms with van der Waals surface area (Å²) in [6.07, 6.45) is 2.23. The van der Waals surface area contributed by atoms with Crippen molar-refractivity contribution in [2.75, 3.05) is 13.4 Å². The van der Waals surface area contributed by atoms with Gasteiger partial charge in [-0.05, 0) is 59.6 Å². The number of esters is 1. The molecule has 3 aromatic rings. The first-order valence-electron chi connectivity index (χ1n) is 13.5. The van der Waals surface area contributed by atoms with Crippen molar-refractivity contribution in [3.05, 3.63) is 101 Å². The zero-order valence-corrected chi connectivity index (χ0v) is 28.3. The molecule has 0 saturated heterocycles. The van der Waals surface area contributed by atoms with Gasteiger partial charge < -0.3 is 14.0 Å². The fraction of sp³-hybridized carbons (Fsp3) is 0.281. The first kappa shape index (κ1) is 36.2. The van der Waals surface area contributed by atoms with Crippen LogP contribution >= 0.6 is 41.3 Å². The third kappa shape index (κ3) is 9.83. The lowest BCUT2D eigenvalue weighted by Gasteiger charge is -2.14. The van der Waals surface area contributed by atoms with Gasteiger partial charge in [0.1, 0.15) is 11.8 Å². The van der Waals surface area contributed by atoms with Crippen molar-refractivity contribution in [1.82, 2.24) is 5.09 Å². The van der Waals surface area contributed by atoms with Crippen LogP contribution in [0.25, 0.3) is 5.03 Å². The number of hydrogen-bond acceptors (Lipinski definition) is 8. The third-order valence-corrected chi connectivity index (χ3v) is 11.3. The fourth-order valence-corrected chi connectivity index (χ4v) is 6.61. The van der Waals surface area contributed by atoms with E-state index in [1.807, 2.05) is 32.1 Å². The number of nitrogens with one attached hydrogen (secondary N) is 1. The van der Waals surface area contributed by atoms with E-state index in [1.54, 1.807) is 54.8 Å². The highest BCUT2D eigenvalue weighted by molar-refractivity contribution is 8.55. The number of hydrogen-bond donors (Lipinski definition) is 1. The van der Waals surface area contributed by atoms with E-state index in [9.17, 15) is 23.8 Å². The number of rotatable bonds is 10. The average molecular weight is 694 g/mol. The van der Waals surface area contributed by atoms with Crippen LogP contribution in [-0.4, -0.2) is 25.2 Å². The van der Waals surface area contributed by atoms with Crippen LogP contribution in [0.2, 0.25) is 5.02 Å². The molecule has 1 N–H and O–H groups in total. The Balaban J connectivity index is 0.000000477. The van der Waals surface area contributed by atoms with Crippen molar-refractivity contribution in [1.29, 1.82) is 5.26 Å². The summed E-state index contributed by atoms with van der Waals surface area (Å²) >= 11 is 13.4. The van der Waals surface area contributed by atoms with E-state index in [4.69, 9.17) is 32.7 Å². The number of benzene rings is 3. The fourth-order valence-electron chi connectivity index (χ4n) is 4.40. The van der Waals surface area contributed by atoms with Crippen LogP contribution in [0.5, 0.6) is 11.5 Å². The summed E-state index contributed by atoms with van der Waals surface area (Å²) in [5.41, 5.74) is 0.713. The molecular formula is C32H32Cl2FN2O6PS. The van der Waals surface area contributed by atoms with Crippen LogP contribution in [0.1, 0.15) is 38.0 Å². The number of carbonyl (C=O) groups is 2. The predicted octanol–water partition coefficient (Wildman–Crippen LogP) is 9.17. The first-order chi connectivity index (χ1) is 21.2. The van der Waals surface area contributed by atoms with Gasteiger partial charge >= 0.3 is 12.7 Å². The van der Waals surface area contributed by atoms with Gasteiger partial charge in [0.15, 0.2) is 11.6 Å². The highest BCUT2D eigenvalue weighted by Gasteiger charge is 2.62. The van der Waals surface area contributed by atoms with E-state index in [1.165, 1.54) is 32.2 Å². The van der Waals surface area contributed by atoms with Gasteiger partial charge in [-0.15, -0.1) is 0 Å². The van der Waals surface area contributed by atoms with Gasteiger partial charge in [0, 0.05) is 29.7 Å². The minimum Gasteiger partial charge on any atom is -0.454 e. The van der Waals surface area contributed by atoms with E-state index in [0.717, 1.165) is 16.9 Å². The molecule has 13 heteroatoms. The van der Waals surface area contributed by atoms with Crippen molar-refractivity contribution in [3.8, 4) is 17.6 Å². The zero-order valence-electron chi connectivity index (χ0n) is 25.1. The van der Waals surface area contributed by atoms with Crippen molar-refractivity contribution >= 4 is 58.2 Å². The van der Waals surface area contributed by atoms with Crippen molar-refractivity contribution in [2.24, 2.45) is 17.3 Å². The summed E-state index contributed by atoms with van der Waals surface area (Å²) in [6, 6.07) is 21.7. The van der Waals surface area contributed by atoms with Gasteiger partial charge in [-0.25, -0.2) is 4.39 Å². The summed E-state index contributed by atoms with van der Waals surface area (Å²) in [6.45, 7) is 2.26. The number of halogens is 3. The van der Waals surface area contributed by atoms with Gasteiger partial charge in [-0.2, -0.15) is 5.26 Å². The maximum absolute atomic E-state index is 14.3. The average Bonchev–Trinajstić information content (AvgIpc) is 3.56. The predicted molar refractivity (Wildman–Crippen MR) is 175 cm³/mol. The maximum atomic E-state index is 14.3. The van der Waals surface area contributed by atoms with Gasteiger partial charge in [0.2, 0.25) is 12.0 Å². The Morgan fingerprint density at radius 3 is 2.31 bits per heavy atom. The molecule has 1 aliphatic carbocycles. The summed E-state index contributed by atoms with van der Waals surface area (Å²) in [5.74, 6) is -1.71. The molecule has 0 aliphatic heterocycles. The molecule has 3 aromatic carbocycles. The quantitative estimate of drug-likeness (QED) is 0.165. The van der Waals surface area contributed by atoms with Crippen LogP contribution in [0, 0.1) is 34.4 Å². The molecule has 1 aliphatic rings. The summed E-state index contributed by atoms with van der Waals surface area (Å²) < 4.78 is 41.2. The highest BCUT2D eigenvalue weighted by Crippen LogP contribution is 2.60. The van der Waals surface area contributed by atoms with Crippen molar-refractivity contribution in [3.63, 3.8) is 0 Å². The number of carbonyl (C=O) groups excluding carboxylic acids is 2. The Morgan fingerprint density at radius 2 is 1.78 bits per heavy atom. The second-order valence-electron chi connectivity index (χ2n) is 10.4. The first-order valence-corrected chi connectivity index (χ1v) is 17.7. The van der Waals surface area contributed by atoms with E-state index in [2.05, 4.69) is 9.61 Å². The monoisotopic (exact) mass is 692 g/mol. The summed E-state index contributed by atoms with van der Waals surface area (Å²) in [5, 5.41) is 13.0. The molecule has 8 nitrogen and oxygen atoms in total. The van der Waals surface area contributed by atoms with Gasteiger partial charge in [0.25, 0.3) is 0 Å². The minimum absolute atomic E-state index is 0.0627. The minimum atomic E-state index is -2.92. The zero-order chi connectivity index (χ0) is 33.4. The molecule has 0 aromatic heterocycles. The second kappa shape index (κ2) is 15.8. The molecule has 1 saturated carbocycles. The smallest absolute Gasteiger partial charge is 0.352 e. The maximum Gasteiger partial charge on any atom is 0.352 e. The van der Waals surface area contributed by atoms with E-state index in [0.29, 0.717) is 21.4 Å². The topological polar surface area (TPSA) is 115 Å². The van der Waals surface area contributed by atoms with Crippen molar-refractivity contribution in [2.45, 2.75) is 26.9 Å². The molecule has 0 heterocycles. The number of para-hydroxylation sites is 1. The van der Waals surface area contributed by atoms with Crippen LogP contribution in [0.15, 0.2) is 78.9 Å². The number of nitrogens with zero attached hydrogens (tertiary/aromatic N) is 1. The summed E-state index contributed by atoms with van der Waals surface area (Å²) in [4.78, 5) is 23.4. The molecule has 1 amide bonds. The van der Waals surface area contributed by atoms with Gasteiger partial charge in [-0.1, -0.05) is 90.9 Å². The van der Waals surface area contributed by atoms with E-state index in [-0.39, 0.29) is 17.6 Å². The number of nitriles is 1. The van der Waals surface area contributed by atoms with Gasteiger partial charge in [-0.3, -0.25) is 19.2 Å². The van der Waals surface area contributed by atoms with Crippen LogP contribution in [-0.2, 0) is 23.4 Å². The standard InChI is InChI=1S/C28H22Cl2FNO3.C4H10NO3PS/c1-28(2)21(15-22(30)17-8-11-19(29)12-9-17)26(28)27(33)35-25(16-32)18-10-13-23(31)24(14-18)34-20-6-4-3-5-7-20;1-4(6)5-9(7,8-2)10-3/h3-15,21,25-26H,1-2H3;1-3H3,(H,5,6,7)/b22-15-;. The number of allylic oxidation sites excluding steroid dienone is 1. The third-order valence-electron chi connectivity index (χ3n) is 6.97. The van der Waals surface area contributed by atoms with Crippen molar-refractivity contribution < 1.29 is 32.5 Å². The second-order valence-corrected chi connectivity index (χ2v) is 15.8. The molecule has 4 unspecified atom stereocenters. The largest absolute Gasteiger partial charge is 0.454 e. The molecule has 0 spiro atoms. The lowest BCUT2D eigenvalue weighted by Crippen LogP contribution is -2.15. The number of ether oxygens (including phenoxy) is 2. The van der Waals surface area contributed by atoms with Crippen LogP contribution in [0.3, 0.4) is 0 Å². The summed E-state index contributed by atoms with van der Waals surface area (Å²) in [7, 11) is 1.30. The van der Waals surface area contributed by atoms with Gasteiger partial charge in [0.05, 0.1) is 5.92 Å². The lowest BCUT2D eigenvalue weighted by molar-refractivity contribution is -0.149. The van der Waals surface area contributed by atoms with Crippen LogP contribution in [0.4, 0.5) is 4.39 Å². The Bertz CT molecular complexity index is 1620. The Kier molecular flexibility index (Phi) is 12.7. The van der Waals surface area contributed by atoms with Crippen LogP contribution < -0.4 is 9.82 Å². The SMILES string of the molecule is CC1(C)C(/C=C(\Cl)c2ccc(Cl)cc2)C1C(=O)OC(C#N)c1ccc(F)c(Oc2ccccc2)c1.COP(=O)(NC(C)=O)SC. The Hall–Kier alpha value is -3.32. The Morgan fingerprint density at radius 1 is 1.13 bits per heavy atom. The molecule has 0 radical (unpaired) electrons. The molecule has 0 bridgehead atoms. The lowest BCUT2D eigenvalue weighted by atomic mass is 10.1. The molecule has 45 heavy (non-hydrogen) atoms. The molecule has 4 rings (SSSR count). The van der Waals surface area contributed by atoms with E-state index < -0.39 is 35.9 Å². The molecular weight excluding hydrogens is 661 g/mol. The van der Waals surface area contributed by atoms with E-state index >= 15 is 0 Å². The Labute approximate surface area is 276 Å². The normalized spacial score (nSPS) is 18.6. The molecule has 4 atom stereocenters. The molecule has 238 valence electrons.